The smallest absolute Gasteiger partial charge is 0.0393 e. The predicted molar refractivity (Wildman–Crippen MR) is 72.2 cm³/mol. The van der Waals surface area contributed by atoms with E-state index in [4.69, 9.17) is 0 Å². The molecule has 0 amide bonds. The van der Waals surface area contributed by atoms with Crippen molar-refractivity contribution in [2.24, 2.45) is 0 Å². The van der Waals surface area contributed by atoms with Crippen LogP contribution in [-0.4, -0.2) is 26.2 Å². The number of anilines is 1. The van der Waals surface area contributed by atoms with Gasteiger partial charge in [0, 0.05) is 25.3 Å². The van der Waals surface area contributed by atoms with Crippen molar-refractivity contribution in [1.29, 1.82) is 0 Å². The van der Waals surface area contributed by atoms with Crippen molar-refractivity contribution in [2.45, 2.75) is 33.2 Å². The molecule has 0 saturated heterocycles. The van der Waals surface area contributed by atoms with Gasteiger partial charge in [0.1, 0.15) is 0 Å². The van der Waals surface area contributed by atoms with E-state index in [9.17, 15) is 0 Å². The van der Waals surface area contributed by atoms with Gasteiger partial charge < -0.3 is 10.2 Å². The predicted octanol–water partition coefficient (Wildman–Crippen LogP) is 2.82. The van der Waals surface area contributed by atoms with E-state index < -0.39 is 0 Å². The molecule has 1 unspecified atom stereocenters. The fourth-order valence-electron chi connectivity index (χ4n) is 1.96. The van der Waals surface area contributed by atoms with Crippen molar-refractivity contribution in [3.05, 3.63) is 29.8 Å². The van der Waals surface area contributed by atoms with E-state index in [0.29, 0.717) is 6.04 Å². The number of aryl methyl sites for hydroxylation is 1. The zero-order chi connectivity index (χ0) is 12.0. The summed E-state index contributed by atoms with van der Waals surface area (Å²) in [4.78, 5) is 2.32. The monoisotopic (exact) mass is 220 g/mol. The van der Waals surface area contributed by atoms with Gasteiger partial charge in [0.05, 0.1) is 0 Å². The van der Waals surface area contributed by atoms with Crippen LogP contribution in [0.1, 0.15) is 25.8 Å². The standard InChI is InChI=1S/C14H24N2/c1-5-10-15-13(3)11-16(4)14-9-7-6-8-12(14)2/h6-9,13,15H,5,10-11H2,1-4H3. The summed E-state index contributed by atoms with van der Waals surface area (Å²) in [5, 5.41) is 3.51. The summed E-state index contributed by atoms with van der Waals surface area (Å²) >= 11 is 0. The average Bonchev–Trinajstić information content (AvgIpc) is 2.26. The first-order chi connectivity index (χ1) is 7.65. The molecule has 0 radical (unpaired) electrons. The van der Waals surface area contributed by atoms with Gasteiger partial charge in [-0.1, -0.05) is 25.1 Å². The fourth-order valence-corrected chi connectivity index (χ4v) is 1.96. The van der Waals surface area contributed by atoms with Gasteiger partial charge in [-0.3, -0.25) is 0 Å². The van der Waals surface area contributed by atoms with Gasteiger partial charge in [-0.05, 0) is 38.4 Å². The van der Waals surface area contributed by atoms with Crippen LogP contribution in [0.2, 0.25) is 0 Å². The summed E-state index contributed by atoms with van der Waals surface area (Å²) in [7, 11) is 2.16. The second-order valence-electron chi connectivity index (χ2n) is 4.52. The summed E-state index contributed by atoms with van der Waals surface area (Å²) in [6.45, 7) is 8.75. The molecule has 2 heteroatoms. The van der Waals surface area contributed by atoms with Crippen LogP contribution in [-0.2, 0) is 0 Å². The van der Waals surface area contributed by atoms with Gasteiger partial charge >= 0.3 is 0 Å². The molecule has 16 heavy (non-hydrogen) atoms. The Hall–Kier alpha value is -1.02. The van der Waals surface area contributed by atoms with Crippen LogP contribution in [0.3, 0.4) is 0 Å². The van der Waals surface area contributed by atoms with Gasteiger partial charge in [0.2, 0.25) is 0 Å². The molecule has 0 spiro atoms. The molecule has 0 aromatic heterocycles. The van der Waals surface area contributed by atoms with E-state index in [1.807, 2.05) is 0 Å². The van der Waals surface area contributed by atoms with Gasteiger partial charge in [-0.2, -0.15) is 0 Å². The zero-order valence-electron chi connectivity index (χ0n) is 11.0. The van der Waals surface area contributed by atoms with Crippen LogP contribution in [0.15, 0.2) is 24.3 Å². The molecule has 2 nitrogen and oxygen atoms in total. The molecule has 0 saturated carbocycles. The van der Waals surface area contributed by atoms with Crippen LogP contribution in [0.4, 0.5) is 5.69 Å². The summed E-state index contributed by atoms with van der Waals surface area (Å²) in [5.41, 5.74) is 2.67. The van der Waals surface area contributed by atoms with E-state index in [1.54, 1.807) is 0 Å². The third-order valence-electron chi connectivity index (χ3n) is 2.82. The topological polar surface area (TPSA) is 15.3 Å². The molecular formula is C14H24N2. The largest absolute Gasteiger partial charge is 0.373 e. The highest BCUT2D eigenvalue weighted by molar-refractivity contribution is 5.52. The van der Waals surface area contributed by atoms with Gasteiger partial charge in [-0.15, -0.1) is 0 Å². The van der Waals surface area contributed by atoms with Crippen LogP contribution in [0.25, 0.3) is 0 Å². The Labute approximate surface area is 99.7 Å². The minimum absolute atomic E-state index is 0.532. The molecule has 0 aliphatic rings. The summed E-state index contributed by atoms with van der Waals surface area (Å²) in [6.07, 6.45) is 1.19. The lowest BCUT2D eigenvalue weighted by atomic mass is 10.1. The molecule has 1 aromatic carbocycles. The number of nitrogens with zero attached hydrogens (tertiary/aromatic N) is 1. The lowest BCUT2D eigenvalue weighted by molar-refractivity contribution is 0.544. The lowest BCUT2D eigenvalue weighted by Gasteiger charge is -2.25. The van der Waals surface area contributed by atoms with Crippen molar-refractivity contribution < 1.29 is 0 Å². The molecule has 90 valence electrons. The lowest BCUT2D eigenvalue weighted by Crippen LogP contribution is -2.38. The van der Waals surface area contributed by atoms with Gasteiger partial charge in [-0.25, -0.2) is 0 Å². The Morgan fingerprint density at radius 3 is 2.62 bits per heavy atom. The molecule has 1 aromatic rings. The number of benzene rings is 1. The Morgan fingerprint density at radius 1 is 1.31 bits per heavy atom. The maximum atomic E-state index is 3.51. The highest BCUT2D eigenvalue weighted by Crippen LogP contribution is 2.17. The maximum absolute atomic E-state index is 3.51. The quantitative estimate of drug-likeness (QED) is 0.793. The first-order valence-corrected chi connectivity index (χ1v) is 6.15. The van der Waals surface area contributed by atoms with Crippen molar-refractivity contribution in [2.75, 3.05) is 25.0 Å². The SMILES string of the molecule is CCCNC(C)CN(C)c1ccccc1C. The van der Waals surface area contributed by atoms with E-state index in [-0.39, 0.29) is 0 Å². The number of rotatable bonds is 6. The fraction of sp³-hybridized carbons (Fsp3) is 0.571. The summed E-state index contributed by atoms with van der Waals surface area (Å²) in [5.74, 6) is 0. The van der Waals surface area contributed by atoms with Crippen molar-refractivity contribution in [3.63, 3.8) is 0 Å². The number of hydrogen-bond acceptors (Lipinski definition) is 2. The summed E-state index contributed by atoms with van der Waals surface area (Å²) in [6, 6.07) is 9.07. The van der Waals surface area contributed by atoms with Gasteiger partial charge in [0.25, 0.3) is 0 Å². The van der Waals surface area contributed by atoms with E-state index >= 15 is 0 Å². The van der Waals surface area contributed by atoms with Crippen LogP contribution >= 0.6 is 0 Å². The minimum atomic E-state index is 0.532. The highest BCUT2D eigenvalue weighted by Gasteiger charge is 2.07. The van der Waals surface area contributed by atoms with E-state index in [0.717, 1.165) is 13.1 Å². The number of para-hydroxylation sites is 1. The van der Waals surface area contributed by atoms with Crippen LogP contribution in [0, 0.1) is 6.92 Å². The molecule has 0 bridgehead atoms. The second-order valence-corrected chi connectivity index (χ2v) is 4.52. The molecular weight excluding hydrogens is 196 g/mol. The number of nitrogens with one attached hydrogen (secondary N) is 1. The Kier molecular flexibility index (Phi) is 5.33. The van der Waals surface area contributed by atoms with Crippen LogP contribution in [0.5, 0.6) is 0 Å². The first kappa shape index (κ1) is 13.0. The Balaban J connectivity index is 2.52. The molecule has 1 N–H and O–H groups in total. The first-order valence-electron chi connectivity index (χ1n) is 6.15. The van der Waals surface area contributed by atoms with Gasteiger partial charge in [0.15, 0.2) is 0 Å². The molecule has 0 aliphatic heterocycles. The number of likely N-dealkylation sites (N-methyl/N-ethyl adjacent to an activating group) is 1. The Bertz CT molecular complexity index is 309. The zero-order valence-corrected chi connectivity index (χ0v) is 11.0. The second kappa shape index (κ2) is 6.54. The van der Waals surface area contributed by atoms with Crippen molar-refractivity contribution in [3.8, 4) is 0 Å². The van der Waals surface area contributed by atoms with E-state index in [1.165, 1.54) is 17.7 Å². The number of hydrogen-bond donors (Lipinski definition) is 1. The third-order valence-corrected chi connectivity index (χ3v) is 2.82. The highest BCUT2D eigenvalue weighted by atomic mass is 15.1. The molecule has 1 atom stereocenters. The molecule has 0 fully saturated rings. The minimum Gasteiger partial charge on any atom is -0.373 e. The molecule has 0 aliphatic carbocycles. The maximum Gasteiger partial charge on any atom is 0.0393 e. The van der Waals surface area contributed by atoms with Crippen LogP contribution < -0.4 is 10.2 Å². The molecule has 1 rings (SSSR count). The third kappa shape index (κ3) is 3.86. The molecule has 0 heterocycles. The van der Waals surface area contributed by atoms with Crippen molar-refractivity contribution in [1.82, 2.24) is 5.32 Å². The Morgan fingerprint density at radius 2 is 2.00 bits per heavy atom. The van der Waals surface area contributed by atoms with E-state index in [2.05, 4.69) is 62.3 Å². The average molecular weight is 220 g/mol. The summed E-state index contributed by atoms with van der Waals surface area (Å²) < 4.78 is 0. The normalized spacial score (nSPS) is 12.5. The van der Waals surface area contributed by atoms with Crippen molar-refractivity contribution >= 4 is 5.69 Å².